The van der Waals surface area contributed by atoms with Crippen molar-refractivity contribution in [1.29, 1.82) is 0 Å². The van der Waals surface area contributed by atoms with Gasteiger partial charge < -0.3 is 0 Å². The van der Waals surface area contributed by atoms with Crippen molar-refractivity contribution in [3.63, 3.8) is 0 Å². The smallest absolute Gasteiger partial charge is 0.0264 e. The summed E-state index contributed by atoms with van der Waals surface area (Å²) in [6, 6.07) is 22.0. The Balaban J connectivity index is 1.53. The van der Waals surface area contributed by atoms with Crippen molar-refractivity contribution >= 4 is 21.9 Å². The molecular formula is C46H52. The molecule has 0 aromatic heterocycles. The molecule has 0 bridgehead atoms. The average molecular weight is 605 g/mol. The predicted molar refractivity (Wildman–Crippen MR) is 199 cm³/mol. The zero-order valence-corrected chi connectivity index (χ0v) is 30.1. The van der Waals surface area contributed by atoms with Crippen LogP contribution in [0.4, 0.5) is 0 Å². The summed E-state index contributed by atoms with van der Waals surface area (Å²) in [6.07, 6.45) is 3.39. The van der Waals surface area contributed by atoms with Crippen LogP contribution in [0, 0.1) is 44.4 Å². The van der Waals surface area contributed by atoms with Crippen LogP contribution in [-0.4, -0.2) is 0 Å². The standard InChI is InChI=1S/C46H52/c1-24(2)35-22-46(23-36(25(3)4)39(35)26(5)6)38-17-16-37-41(34-21-30-14-12-13-15-31(30)43(34)45(37,10)11)42(38)33-20-29(9)40-28(8)18-27(7)19-32(40)44(33)46/h12-20,24-26,35H,21-23H2,1-11H3. The summed E-state index contributed by atoms with van der Waals surface area (Å²) in [5.74, 6) is 2.29. The summed E-state index contributed by atoms with van der Waals surface area (Å²) >= 11 is 0. The van der Waals surface area contributed by atoms with E-state index in [-0.39, 0.29) is 10.8 Å². The molecule has 2 unspecified atom stereocenters. The molecule has 0 saturated heterocycles. The summed E-state index contributed by atoms with van der Waals surface area (Å²) in [5, 5.41) is 2.99. The Morgan fingerprint density at radius 2 is 1.43 bits per heavy atom. The topological polar surface area (TPSA) is 0 Å². The van der Waals surface area contributed by atoms with Crippen LogP contribution in [0.3, 0.4) is 0 Å². The number of rotatable bonds is 3. The second kappa shape index (κ2) is 9.82. The van der Waals surface area contributed by atoms with Crippen molar-refractivity contribution < 1.29 is 0 Å². The van der Waals surface area contributed by atoms with Gasteiger partial charge in [0.25, 0.3) is 0 Å². The molecule has 2 atom stereocenters. The van der Waals surface area contributed by atoms with E-state index in [1.54, 1.807) is 44.5 Å². The lowest BCUT2D eigenvalue weighted by molar-refractivity contribution is 0.277. The van der Waals surface area contributed by atoms with Gasteiger partial charge in [0.05, 0.1) is 0 Å². The van der Waals surface area contributed by atoms with Crippen molar-refractivity contribution in [1.82, 2.24) is 0 Å². The third-order valence-corrected chi connectivity index (χ3v) is 12.8. The van der Waals surface area contributed by atoms with E-state index in [9.17, 15) is 0 Å². The largest absolute Gasteiger partial charge is 0.0667 e. The SMILES string of the molecule is Cc1cc(C)c2c(C)cc3c(c2c1)C1(CC(C(C)C)=C(C(C)C)C(C(C)C)C1)c1ccc2c(c1-3)C1=C(c3ccccc3C1)C2(C)C. The van der Waals surface area contributed by atoms with E-state index in [0.717, 1.165) is 12.8 Å². The maximum atomic E-state index is 2.61. The summed E-state index contributed by atoms with van der Waals surface area (Å²) in [6.45, 7) is 26.8. The van der Waals surface area contributed by atoms with Crippen LogP contribution in [-0.2, 0) is 17.3 Å². The Hall–Kier alpha value is -3.38. The molecule has 4 aliphatic rings. The van der Waals surface area contributed by atoms with Crippen molar-refractivity contribution in [3.05, 3.63) is 116 Å². The second-order valence-corrected chi connectivity index (χ2v) is 16.9. The van der Waals surface area contributed by atoms with E-state index in [2.05, 4.69) is 131 Å². The van der Waals surface area contributed by atoms with Gasteiger partial charge in [-0.15, -0.1) is 0 Å². The molecule has 4 aliphatic carbocycles. The van der Waals surface area contributed by atoms with E-state index in [0.29, 0.717) is 23.7 Å². The lowest BCUT2D eigenvalue weighted by atomic mass is 9.57. The first-order valence-corrected chi connectivity index (χ1v) is 18.1. The highest BCUT2D eigenvalue weighted by molar-refractivity contribution is 6.12. The summed E-state index contributed by atoms with van der Waals surface area (Å²) in [7, 11) is 0. The maximum absolute atomic E-state index is 2.61. The van der Waals surface area contributed by atoms with Crippen molar-refractivity contribution in [2.24, 2.45) is 23.7 Å². The number of aryl methyl sites for hydroxylation is 3. The minimum atomic E-state index is -0.0300. The molecule has 0 amide bonds. The van der Waals surface area contributed by atoms with Crippen molar-refractivity contribution in [2.45, 2.75) is 106 Å². The Bertz CT molecular complexity index is 2050. The molecule has 0 nitrogen and oxygen atoms in total. The number of benzene rings is 4. The van der Waals surface area contributed by atoms with E-state index in [1.165, 1.54) is 56.1 Å². The average Bonchev–Trinajstić information content (AvgIpc) is 3.57. The molecule has 4 aromatic carbocycles. The van der Waals surface area contributed by atoms with E-state index >= 15 is 0 Å². The highest BCUT2D eigenvalue weighted by atomic mass is 14.6. The molecule has 236 valence electrons. The molecule has 8 rings (SSSR count). The van der Waals surface area contributed by atoms with Crippen LogP contribution in [0.5, 0.6) is 0 Å². The minimum Gasteiger partial charge on any atom is -0.0667 e. The van der Waals surface area contributed by atoms with Gasteiger partial charge in [-0.25, -0.2) is 0 Å². The van der Waals surface area contributed by atoms with Crippen LogP contribution >= 0.6 is 0 Å². The van der Waals surface area contributed by atoms with Gasteiger partial charge in [-0.2, -0.15) is 0 Å². The van der Waals surface area contributed by atoms with Gasteiger partial charge in [-0.3, -0.25) is 0 Å². The van der Waals surface area contributed by atoms with Crippen LogP contribution < -0.4 is 0 Å². The number of fused-ring (bicyclic) bond motifs is 12. The zero-order chi connectivity index (χ0) is 32.6. The fraction of sp³-hybridized carbons (Fsp3) is 0.435. The first kappa shape index (κ1) is 30.0. The van der Waals surface area contributed by atoms with Gasteiger partial charge in [0.1, 0.15) is 0 Å². The Morgan fingerprint density at radius 3 is 2.13 bits per heavy atom. The predicted octanol–water partition coefficient (Wildman–Crippen LogP) is 12.5. The van der Waals surface area contributed by atoms with Gasteiger partial charge in [0, 0.05) is 10.8 Å². The van der Waals surface area contributed by atoms with Gasteiger partial charge in [0.2, 0.25) is 0 Å². The van der Waals surface area contributed by atoms with E-state index < -0.39 is 0 Å². The third kappa shape index (κ3) is 3.74. The third-order valence-electron chi connectivity index (χ3n) is 12.8. The maximum Gasteiger partial charge on any atom is 0.0264 e. The van der Waals surface area contributed by atoms with Crippen LogP contribution in [0.25, 0.3) is 33.0 Å². The second-order valence-electron chi connectivity index (χ2n) is 16.9. The van der Waals surface area contributed by atoms with Crippen molar-refractivity contribution in [3.8, 4) is 11.1 Å². The first-order chi connectivity index (χ1) is 21.8. The molecule has 4 aromatic rings. The lowest BCUT2D eigenvalue weighted by Gasteiger charge is -2.47. The molecule has 0 radical (unpaired) electrons. The molecule has 46 heavy (non-hydrogen) atoms. The molecule has 0 aliphatic heterocycles. The van der Waals surface area contributed by atoms with Crippen LogP contribution in [0.1, 0.15) is 118 Å². The molecule has 0 saturated carbocycles. The molecular weight excluding hydrogens is 553 g/mol. The zero-order valence-electron chi connectivity index (χ0n) is 30.1. The van der Waals surface area contributed by atoms with E-state index in [4.69, 9.17) is 0 Å². The highest BCUT2D eigenvalue weighted by Gasteiger charge is 2.53. The molecule has 0 heteroatoms. The van der Waals surface area contributed by atoms with Crippen molar-refractivity contribution in [2.75, 3.05) is 0 Å². The highest BCUT2D eigenvalue weighted by Crippen LogP contribution is 2.66. The summed E-state index contributed by atoms with van der Waals surface area (Å²) < 4.78 is 0. The monoisotopic (exact) mass is 604 g/mol. The summed E-state index contributed by atoms with van der Waals surface area (Å²) in [4.78, 5) is 0. The molecule has 1 spiro atoms. The fourth-order valence-corrected chi connectivity index (χ4v) is 11.1. The fourth-order valence-electron chi connectivity index (χ4n) is 11.1. The number of hydrogen-bond acceptors (Lipinski definition) is 0. The normalized spacial score (nSPS) is 22.4. The van der Waals surface area contributed by atoms with Gasteiger partial charge in [0.15, 0.2) is 0 Å². The van der Waals surface area contributed by atoms with E-state index in [1.807, 2.05) is 0 Å². The summed E-state index contributed by atoms with van der Waals surface area (Å²) in [5.41, 5.74) is 23.3. The Labute approximate surface area is 278 Å². The van der Waals surface area contributed by atoms with Crippen LogP contribution in [0.2, 0.25) is 0 Å². The van der Waals surface area contributed by atoms with Gasteiger partial charge in [-0.05, 0) is 141 Å². The van der Waals surface area contributed by atoms with Gasteiger partial charge >= 0.3 is 0 Å². The van der Waals surface area contributed by atoms with Gasteiger partial charge in [-0.1, -0.05) is 127 Å². The first-order valence-electron chi connectivity index (χ1n) is 18.1. The quantitative estimate of drug-likeness (QED) is 0.204. The number of hydrogen-bond donors (Lipinski definition) is 0. The lowest BCUT2D eigenvalue weighted by Crippen LogP contribution is -2.38. The molecule has 0 heterocycles. The Kier molecular flexibility index (Phi) is 6.40. The Morgan fingerprint density at radius 1 is 0.739 bits per heavy atom. The molecule has 0 N–H and O–H groups in total. The van der Waals surface area contributed by atoms with Crippen LogP contribution in [0.15, 0.2) is 65.7 Å². The minimum absolute atomic E-state index is 0.0118. The molecule has 0 fully saturated rings. The number of allylic oxidation sites excluding steroid dienone is 4.